The predicted molar refractivity (Wildman–Crippen MR) is 115 cm³/mol. The first-order valence-electron chi connectivity index (χ1n) is 10.5. The highest BCUT2D eigenvalue weighted by Gasteiger charge is 2.43. The Balaban J connectivity index is 3.18. The van der Waals surface area contributed by atoms with Crippen LogP contribution in [0.2, 0.25) is 5.02 Å². The van der Waals surface area contributed by atoms with Gasteiger partial charge in [-0.15, -0.1) is 0 Å². The average molecular weight is 584 g/mol. The first-order valence-corrected chi connectivity index (χ1v) is 10.9. The van der Waals surface area contributed by atoms with Crippen LogP contribution in [-0.4, -0.2) is 35.5 Å². The molecule has 17 heteroatoms. The van der Waals surface area contributed by atoms with E-state index in [0.717, 1.165) is 7.11 Å². The fraction of sp³-hybridized carbons (Fsp3) is 0.476. The van der Waals surface area contributed by atoms with Crippen LogP contribution in [0.15, 0.2) is 23.0 Å². The fourth-order valence-electron chi connectivity index (χ4n) is 3.26. The molecule has 0 amide bonds. The maximum atomic E-state index is 13.7. The Hall–Kier alpha value is -3.01. The second-order valence-corrected chi connectivity index (χ2v) is 7.86. The van der Waals surface area contributed by atoms with Gasteiger partial charge in [0.05, 0.1) is 28.9 Å². The molecule has 1 aromatic carbocycles. The summed E-state index contributed by atoms with van der Waals surface area (Å²) in [6.45, 7) is 1.90. The molecule has 0 saturated heterocycles. The summed E-state index contributed by atoms with van der Waals surface area (Å²) in [5, 5.41) is -1.44. The zero-order valence-electron chi connectivity index (χ0n) is 19.7. The fourth-order valence-corrected chi connectivity index (χ4v) is 3.56. The summed E-state index contributed by atoms with van der Waals surface area (Å²) in [5.74, 6) is -2.62. The Morgan fingerprint density at radius 3 is 2.08 bits per heavy atom. The van der Waals surface area contributed by atoms with Gasteiger partial charge in [0.2, 0.25) is 12.2 Å². The van der Waals surface area contributed by atoms with Crippen molar-refractivity contribution in [3.05, 3.63) is 50.4 Å². The lowest BCUT2D eigenvalue weighted by Gasteiger charge is -2.33. The minimum Gasteiger partial charge on any atom is -0.466 e. The standard InChI is InChI=1S/C21H19ClF9N3O4/c1-4-6-33-14(35)9-13(21(29,30)31)32-18(33)34(16(38-5-2)17(36)37-3)12-8-10(19(23,24)25)7-11(15(12)22)20(26,27)28/h7-9,16H,4-6H2,1-3H3. The first kappa shape index (κ1) is 31.2. The molecule has 0 bridgehead atoms. The number of anilines is 2. The highest BCUT2D eigenvalue weighted by Crippen LogP contribution is 2.46. The van der Waals surface area contributed by atoms with Gasteiger partial charge in [0, 0.05) is 19.2 Å². The highest BCUT2D eigenvalue weighted by atomic mass is 35.5. The molecular weight excluding hydrogens is 565 g/mol. The Morgan fingerprint density at radius 1 is 1.03 bits per heavy atom. The van der Waals surface area contributed by atoms with Gasteiger partial charge in [0.1, 0.15) is 0 Å². The lowest BCUT2D eigenvalue weighted by atomic mass is 10.1. The number of hydrogen-bond acceptors (Lipinski definition) is 6. The van der Waals surface area contributed by atoms with Crippen molar-refractivity contribution in [3.63, 3.8) is 0 Å². The van der Waals surface area contributed by atoms with E-state index < -0.39 is 82.9 Å². The SMILES string of the molecule is CCCn1c(N(c2cc(C(F)(F)F)cc(C(F)(F)F)c2Cl)C(OCC)C(=O)OC)nc(C(F)(F)F)cc1=O. The second kappa shape index (κ2) is 11.4. The monoisotopic (exact) mass is 583 g/mol. The number of esters is 1. The van der Waals surface area contributed by atoms with Crippen molar-refractivity contribution >= 4 is 29.2 Å². The van der Waals surface area contributed by atoms with Crippen LogP contribution in [0, 0.1) is 0 Å². The van der Waals surface area contributed by atoms with E-state index in [2.05, 4.69) is 9.72 Å². The molecule has 0 spiro atoms. The number of carbonyl (C=O) groups excluding carboxylic acids is 1. The van der Waals surface area contributed by atoms with Crippen LogP contribution in [0.25, 0.3) is 0 Å². The quantitative estimate of drug-likeness (QED) is 0.214. The number of alkyl halides is 9. The van der Waals surface area contributed by atoms with Crippen molar-refractivity contribution in [1.82, 2.24) is 9.55 Å². The van der Waals surface area contributed by atoms with Crippen molar-refractivity contribution in [2.45, 2.75) is 51.6 Å². The molecule has 212 valence electrons. The van der Waals surface area contributed by atoms with Crippen LogP contribution in [0.3, 0.4) is 0 Å². The van der Waals surface area contributed by atoms with Gasteiger partial charge in [-0.25, -0.2) is 9.78 Å². The number of nitrogens with zero attached hydrogens (tertiary/aromatic N) is 3. The van der Waals surface area contributed by atoms with Crippen molar-refractivity contribution in [2.24, 2.45) is 0 Å². The second-order valence-electron chi connectivity index (χ2n) is 7.48. The van der Waals surface area contributed by atoms with E-state index in [4.69, 9.17) is 16.3 Å². The van der Waals surface area contributed by atoms with Gasteiger partial charge in [-0.05, 0) is 25.5 Å². The van der Waals surface area contributed by atoms with E-state index in [0.29, 0.717) is 4.57 Å². The lowest BCUT2D eigenvalue weighted by molar-refractivity contribution is -0.153. The third-order valence-corrected chi connectivity index (χ3v) is 5.25. The molecule has 0 radical (unpaired) electrons. The zero-order valence-corrected chi connectivity index (χ0v) is 20.4. The largest absolute Gasteiger partial charge is 0.466 e. The molecule has 2 rings (SSSR count). The Kier molecular flexibility index (Phi) is 9.35. The Labute approximate surface area is 213 Å². The number of hydrogen-bond donors (Lipinski definition) is 0. The van der Waals surface area contributed by atoms with Crippen LogP contribution in [0.4, 0.5) is 51.1 Å². The third kappa shape index (κ3) is 6.70. The smallest absolute Gasteiger partial charge is 0.433 e. The number of ether oxygens (including phenoxy) is 2. The van der Waals surface area contributed by atoms with Crippen LogP contribution >= 0.6 is 11.6 Å². The molecule has 0 saturated carbocycles. The molecular formula is C21H19ClF9N3O4. The van der Waals surface area contributed by atoms with Crippen LogP contribution in [-0.2, 0) is 39.3 Å². The van der Waals surface area contributed by atoms with Gasteiger partial charge in [-0.3, -0.25) is 14.3 Å². The molecule has 1 atom stereocenters. The molecule has 2 aromatic rings. The number of methoxy groups -OCH3 is 1. The van der Waals surface area contributed by atoms with Gasteiger partial charge < -0.3 is 9.47 Å². The Morgan fingerprint density at radius 2 is 1.63 bits per heavy atom. The first-order chi connectivity index (χ1) is 17.4. The van der Waals surface area contributed by atoms with Crippen LogP contribution in [0.1, 0.15) is 37.1 Å². The summed E-state index contributed by atoms with van der Waals surface area (Å²) in [6.07, 6.45) is -18.4. The van der Waals surface area contributed by atoms with Crippen molar-refractivity contribution in [3.8, 4) is 0 Å². The number of carbonyl (C=O) groups is 1. The normalized spacial score (nSPS) is 13.4. The topological polar surface area (TPSA) is 73.7 Å². The van der Waals surface area contributed by atoms with E-state index in [1.54, 1.807) is 0 Å². The average Bonchev–Trinajstić information content (AvgIpc) is 2.78. The van der Waals surface area contributed by atoms with Gasteiger partial charge >= 0.3 is 24.5 Å². The number of benzene rings is 1. The molecule has 1 unspecified atom stereocenters. The number of rotatable bonds is 8. The molecule has 0 fully saturated rings. The van der Waals surface area contributed by atoms with Crippen molar-refractivity contribution in [2.75, 3.05) is 18.6 Å². The summed E-state index contributed by atoms with van der Waals surface area (Å²) in [4.78, 5) is 28.7. The highest BCUT2D eigenvalue weighted by molar-refractivity contribution is 6.34. The summed E-state index contributed by atoms with van der Waals surface area (Å²) in [5.41, 5.74) is -8.41. The molecule has 0 N–H and O–H groups in total. The van der Waals surface area contributed by atoms with E-state index in [1.165, 1.54) is 13.8 Å². The molecule has 7 nitrogen and oxygen atoms in total. The minimum absolute atomic E-state index is 0.0510. The molecule has 38 heavy (non-hydrogen) atoms. The molecule has 1 heterocycles. The van der Waals surface area contributed by atoms with E-state index in [1.807, 2.05) is 0 Å². The van der Waals surface area contributed by atoms with Crippen molar-refractivity contribution in [1.29, 1.82) is 0 Å². The van der Waals surface area contributed by atoms with E-state index >= 15 is 0 Å². The summed E-state index contributed by atoms with van der Waals surface area (Å²) >= 11 is 5.88. The van der Waals surface area contributed by atoms with Crippen LogP contribution in [0.5, 0.6) is 0 Å². The molecule has 0 aliphatic carbocycles. The van der Waals surface area contributed by atoms with Gasteiger partial charge in [0.25, 0.3) is 5.56 Å². The predicted octanol–water partition coefficient (Wildman–Crippen LogP) is 6.04. The maximum absolute atomic E-state index is 13.7. The Bertz CT molecular complexity index is 1230. The van der Waals surface area contributed by atoms with Crippen molar-refractivity contribution < 1.29 is 53.8 Å². The summed E-state index contributed by atoms with van der Waals surface area (Å²) in [7, 11) is 0.778. The van der Waals surface area contributed by atoms with Gasteiger partial charge in [0.15, 0.2) is 5.69 Å². The third-order valence-electron chi connectivity index (χ3n) is 4.85. The maximum Gasteiger partial charge on any atom is 0.433 e. The number of aromatic nitrogens is 2. The summed E-state index contributed by atoms with van der Waals surface area (Å²) < 4.78 is 133. The summed E-state index contributed by atoms with van der Waals surface area (Å²) in [6, 6.07) is -0.161. The van der Waals surface area contributed by atoms with Gasteiger partial charge in [-0.1, -0.05) is 18.5 Å². The molecule has 0 aliphatic rings. The molecule has 0 aliphatic heterocycles. The lowest BCUT2D eigenvalue weighted by Crippen LogP contribution is -2.45. The van der Waals surface area contributed by atoms with E-state index in [-0.39, 0.29) is 29.5 Å². The molecule has 1 aromatic heterocycles. The van der Waals surface area contributed by atoms with E-state index in [9.17, 15) is 49.1 Å². The van der Waals surface area contributed by atoms with Gasteiger partial charge in [-0.2, -0.15) is 39.5 Å². The zero-order chi connectivity index (χ0) is 29.2. The van der Waals surface area contributed by atoms with Crippen LogP contribution < -0.4 is 10.5 Å². The number of halogens is 10. The minimum atomic E-state index is -5.48.